The van der Waals surface area contributed by atoms with Gasteiger partial charge in [-0.25, -0.2) is 0 Å². The van der Waals surface area contributed by atoms with Crippen molar-refractivity contribution in [2.45, 2.75) is 109 Å². The smallest absolute Gasteiger partial charge is 0.0314 e. The van der Waals surface area contributed by atoms with Gasteiger partial charge in [-0.15, -0.1) is 0 Å². The summed E-state index contributed by atoms with van der Waals surface area (Å²) in [6.45, 7) is 4.53. The summed E-state index contributed by atoms with van der Waals surface area (Å²) >= 11 is 0. The van der Waals surface area contributed by atoms with E-state index in [4.69, 9.17) is 11.5 Å². The third kappa shape index (κ3) is 10.3. The lowest BCUT2D eigenvalue weighted by Gasteiger charge is -2.17. The second kappa shape index (κ2) is 17.6. The fourth-order valence-electron chi connectivity index (χ4n) is 6.51. The summed E-state index contributed by atoms with van der Waals surface area (Å²) in [5.41, 5.74) is 21.9. The van der Waals surface area contributed by atoms with Crippen molar-refractivity contribution < 1.29 is 0 Å². The lowest BCUT2D eigenvalue weighted by Crippen LogP contribution is -2.00. The van der Waals surface area contributed by atoms with Gasteiger partial charge in [0.1, 0.15) is 0 Å². The quantitative estimate of drug-likeness (QED) is 0.0917. The Morgan fingerprint density at radius 3 is 0.907 bits per heavy atom. The van der Waals surface area contributed by atoms with E-state index in [-0.39, 0.29) is 0 Å². The van der Waals surface area contributed by atoms with Crippen LogP contribution in [-0.4, -0.2) is 0 Å². The van der Waals surface area contributed by atoms with Gasteiger partial charge >= 0.3 is 0 Å². The normalized spacial score (nSPS) is 12.7. The molecule has 0 bridgehead atoms. The van der Waals surface area contributed by atoms with Crippen LogP contribution < -0.4 is 11.5 Å². The molecule has 0 saturated heterocycles. The van der Waals surface area contributed by atoms with Crippen molar-refractivity contribution in [2.24, 2.45) is 0 Å². The Bertz CT molecular complexity index is 1200. The molecule has 0 radical (unpaired) electrons. The van der Waals surface area contributed by atoms with Crippen LogP contribution in [0.2, 0.25) is 0 Å². The highest BCUT2D eigenvalue weighted by atomic mass is 14.5. The van der Waals surface area contributed by atoms with Crippen LogP contribution >= 0.6 is 0 Å². The molecule has 0 saturated carbocycles. The Morgan fingerprint density at radius 1 is 0.372 bits per heavy atom. The Balaban J connectivity index is 1.03. The van der Waals surface area contributed by atoms with Gasteiger partial charge in [-0.3, -0.25) is 0 Å². The fraction of sp³-hybridized carbons (Fsp3) is 0.415. The van der Waals surface area contributed by atoms with E-state index in [0.717, 1.165) is 24.2 Å². The van der Waals surface area contributed by atoms with Crippen LogP contribution in [0, 0.1) is 0 Å². The summed E-state index contributed by atoms with van der Waals surface area (Å²) < 4.78 is 0. The van der Waals surface area contributed by atoms with Crippen LogP contribution in [0.3, 0.4) is 0 Å². The fourth-order valence-corrected chi connectivity index (χ4v) is 6.51. The molecule has 2 nitrogen and oxygen atoms in total. The van der Waals surface area contributed by atoms with Crippen LogP contribution in [0.4, 0.5) is 11.4 Å². The van der Waals surface area contributed by atoms with E-state index in [9.17, 15) is 0 Å². The number of hydrogen-bond donors (Lipinski definition) is 2. The molecule has 0 heterocycles. The standard InChI is InChI=1S/C41H54N2/c1-3-40(36-24-28-38(42)29-25-36)34-20-16-32(17-21-34)14-12-10-8-6-5-7-9-11-13-15-33-18-22-35(23-19-33)41(4-2)37-26-30-39(43)31-27-37/h16-31,40-41H,3-15,42-43H2,1-2H3. The molecule has 0 aromatic heterocycles. The van der Waals surface area contributed by atoms with Gasteiger partial charge in [0.2, 0.25) is 0 Å². The van der Waals surface area contributed by atoms with Crippen molar-refractivity contribution >= 4 is 11.4 Å². The maximum absolute atomic E-state index is 5.88. The van der Waals surface area contributed by atoms with Gasteiger partial charge in [0, 0.05) is 23.2 Å². The van der Waals surface area contributed by atoms with Crippen molar-refractivity contribution in [3.63, 3.8) is 0 Å². The SMILES string of the molecule is CCC(c1ccc(N)cc1)c1ccc(CCCCCCCCCCCc2ccc(C(CC)c3ccc(N)cc3)cc2)cc1. The minimum absolute atomic E-state index is 0.446. The van der Waals surface area contributed by atoms with E-state index in [0.29, 0.717) is 11.8 Å². The molecular formula is C41H54N2. The Morgan fingerprint density at radius 2 is 0.628 bits per heavy atom. The van der Waals surface area contributed by atoms with Gasteiger partial charge in [0.05, 0.1) is 0 Å². The molecule has 0 aliphatic carbocycles. The van der Waals surface area contributed by atoms with E-state index in [1.165, 1.54) is 104 Å². The summed E-state index contributed by atoms with van der Waals surface area (Å²) in [6, 6.07) is 35.4. The van der Waals surface area contributed by atoms with E-state index in [2.05, 4.69) is 86.6 Å². The zero-order valence-electron chi connectivity index (χ0n) is 26.7. The molecule has 4 aromatic rings. The van der Waals surface area contributed by atoms with E-state index < -0.39 is 0 Å². The number of nitrogens with two attached hydrogens (primary N) is 2. The van der Waals surface area contributed by atoms with E-state index >= 15 is 0 Å². The molecule has 0 aliphatic rings. The number of aryl methyl sites for hydroxylation is 2. The molecule has 4 rings (SSSR count). The predicted octanol–water partition coefficient (Wildman–Crippen LogP) is 11.2. The maximum atomic E-state index is 5.88. The molecule has 2 atom stereocenters. The lowest BCUT2D eigenvalue weighted by molar-refractivity contribution is 0.558. The molecule has 4 aromatic carbocycles. The average molecular weight is 575 g/mol. The summed E-state index contributed by atoms with van der Waals surface area (Å²) in [6.07, 6.45) is 16.8. The summed E-state index contributed by atoms with van der Waals surface area (Å²) in [5.74, 6) is 0.891. The molecular weight excluding hydrogens is 520 g/mol. The van der Waals surface area contributed by atoms with Crippen LogP contribution in [0.5, 0.6) is 0 Å². The van der Waals surface area contributed by atoms with E-state index in [1.54, 1.807) is 0 Å². The number of hydrogen-bond acceptors (Lipinski definition) is 2. The number of benzene rings is 4. The molecule has 43 heavy (non-hydrogen) atoms. The molecule has 228 valence electrons. The second-order valence-electron chi connectivity index (χ2n) is 12.4. The topological polar surface area (TPSA) is 52.0 Å². The number of anilines is 2. The maximum Gasteiger partial charge on any atom is 0.0314 e. The molecule has 0 amide bonds. The monoisotopic (exact) mass is 574 g/mol. The number of rotatable bonds is 18. The highest BCUT2D eigenvalue weighted by Crippen LogP contribution is 2.30. The van der Waals surface area contributed by atoms with Crippen LogP contribution in [-0.2, 0) is 12.8 Å². The third-order valence-electron chi connectivity index (χ3n) is 9.19. The molecule has 0 spiro atoms. The minimum atomic E-state index is 0.446. The van der Waals surface area contributed by atoms with Gasteiger partial charge in [0.15, 0.2) is 0 Å². The molecule has 2 unspecified atom stereocenters. The first-order chi connectivity index (χ1) is 21.1. The summed E-state index contributed by atoms with van der Waals surface area (Å²) in [4.78, 5) is 0. The first-order valence-electron chi connectivity index (χ1n) is 17.0. The van der Waals surface area contributed by atoms with Gasteiger partial charge in [-0.2, -0.15) is 0 Å². The lowest BCUT2D eigenvalue weighted by atomic mass is 9.88. The second-order valence-corrected chi connectivity index (χ2v) is 12.4. The number of nitrogen functional groups attached to an aromatic ring is 2. The zero-order valence-corrected chi connectivity index (χ0v) is 26.7. The largest absolute Gasteiger partial charge is 0.399 e. The minimum Gasteiger partial charge on any atom is -0.399 e. The van der Waals surface area contributed by atoms with Crippen molar-refractivity contribution in [3.8, 4) is 0 Å². The zero-order chi connectivity index (χ0) is 30.3. The van der Waals surface area contributed by atoms with Crippen molar-refractivity contribution in [2.75, 3.05) is 11.5 Å². The van der Waals surface area contributed by atoms with Crippen molar-refractivity contribution in [1.29, 1.82) is 0 Å². The average Bonchev–Trinajstić information content (AvgIpc) is 3.03. The third-order valence-corrected chi connectivity index (χ3v) is 9.19. The van der Waals surface area contributed by atoms with Crippen LogP contribution in [0.15, 0.2) is 97.1 Å². The Labute approximate surface area is 261 Å². The molecule has 0 aliphatic heterocycles. The Hall–Kier alpha value is -3.52. The molecule has 4 N–H and O–H groups in total. The van der Waals surface area contributed by atoms with Gasteiger partial charge in [-0.1, -0.05) is 132 Å². The van der Waals surface area contributed by atoms with Gasteiger partial charge in [-0.05, 0) is 96.2 Å². The van der Waals surface area contributed by atoms with Gasteiger partial charge in [0.25, 0.3) is 0 Å². The summed E-state index contributed by atoms with van der Waals surface area (Å²) in [7, 11) is 0. The first-order valence-corrected chi connectivity index (χ1v) is 17.0. The highest BCUT2D eigenvalue weighted by molar-refractivity contribution is 5.44. The van der Waals surface area contributed by atoms with Crippen LogP contribution in [0.25, 0.3) is 0 Å². The molecule has 0 fully saturated rings. The number of unbranched alkanes of at least 4 members (excludes halogenated alkanes) is 8. The first kappa shape index (κ1) is 32.4. The van der Waals surface area contributed by atoms with E-state index in [1.807, 2.05) is 24.3 Å². The highest BCUT2D eigenvalue weighted by Gasteiger charge is 2.13. The van der Waals surface area contributed by atoms with Crippen molar-refractivity contribution in [3.05, 3.63) is 130 Å². The van der Waals surface area contributed by atoms with Crippen LogP contribution in [0.1, 0.15) is 130 Å². The summed E-state index contributed by atoms with van der Waals surface area (Å²) in [5, 5.41) is 0. The predicted molar refractivity (Wildman–Crippen MR) is 188 cm³/mol. The van der Waals surface area contributed by atoms with Gasteiger partial charge < -0.3 is 11.5 Å². The van der Waals surface area contributed by atoms with Crippen molar-refractivity contribution in [1.82, 2.24) is 0 Å². The Kier molecular flexibility index (Phi) is 13.2. The molecule has 2 heteroatoms.